The van der Waals surface area contributed by atoms with Crippen molar-refractivity contribution in [3.63, 3.8) is 0 Å². The largest absolute Gasteiger partial charge is 0.508 e. The molecule has 0 aromatic heterocycles. The van der Waals surface area contributed by atoms with Crippen molar-refractivity contribution in [2.75, 3.05) is 26.4 Å². The highest BCUT2D eigenvalue weighted by Gasteiger charge is 2.11. The number of hydrogen-bond donors (Lipinski definition) is 3. The van der Waals surface area contributed by atoms with Gasteiger partial charge in [-0.3, -0.25) is 9.80 Å². The first-order valence-corrected chi connectivity index (χ1v) is 8.23. The molecular weight excluding hydrogens is 304 g/mol. The van der Waals surface area contributed by atoms with E-state index in [1.165, 1.54) is 0 Å². The van der Waals surface area contributed by atoms with Crippen molar-refractivity contribution >= 4 is 0 Å². The molecule has 0 aliphatic heterocycles. The highest BCUT2D eigenvalue weighted by Crippen LogP contribution is 2.19. The first kappa shape index (κ1) is 18.3. The monoisotopic (exact) mass is 330 g/mol. The summed E-state index contributed by atoms with van der Waals surface area (Å²) < 4.78 is 0. The van der Waals surface area contributed by atoms with Gasteiger partial charge in [0.05, 0.1) is 6.73 Å². The van der Waals surface area contributed by atoms with Crippen LogP contribution in [-0.2, 0) is 13.1 Å². The van der Waals surface area contributed by atoms with Crippen molar-refractivity contribution in [1.29, 1.82) is 0 Å². The molecule has 0 saturated heterocycles. The van der Waals surface area contributed by atoms with Gasteiger partial charge in [-0.15, -0.1) is 0 Å². The van der Waals surface area contributed by atoms with Crippen LogP contribution in [0.5, 0.6) is 11.5 Å². The van der Waals surface area contributed by atoms with Crippen LogP contribution in [0.3, 0.4) is 0 Å². The lowest BCUT2D eigenvalue weighted by atomic mass is 10.2. The summed E-state index contributed by atoms with van der Waals surface area (Å²) in [6.07, 6.45) is 0. The van der Waals surface area contributed by atoms with Crippen molar-refractivity contribution in [3.05, 3.63) is 59.7 Å². The molecule has 0 bridgehead atoms. The molecule has 5 heteroatoms. The van der Waals surface area contributed by atoms with Crippen LogP contribution in [-0.4, -0.2) is 51.5 Å². The molecule has 2 rings (SSSR count). The fourth-order valence-electron chi connectivity index (χ4n) is 2.60. The zero-order valence-electron chi connectivity index (χ0n) is 14.1. The minimum atomic E-state index is -0.0670. The van der Waals surface area contributed by atoms with Gasteiger partial charge in [-0.25, -0.2) is 0 Å². The van der Waals surface area contributed by atoms with Gasteiger partial charge in [-0.1, -0.05) is 43.3 Å². The Morgan fingerprint density at radius 3 is 1.67 bits per heavy atom. The summed E-state index contributed by atoms with van der Waals surface area (Å²) in [6.45, 7) is 5.46. The number of nitrogens with zero attached hydrogens (tertiary/aromatic N) is 2. The van der Waals surface area contributed by atoms with E-state index in [0.29, 0.717) is 25.4 Å². The standard InChI is InChI=1S/C19H26N2O3/c1-2-20(13-16-7-3-5-9-18(16)23)11-12-21(15-22)14-17-8-4-6-10-19(17)24/h3-10,22-24H,2,11-15H2,1H3. The number of aromatic hydroxyl groups is 2. The number of phenolic OH excluding ortho intramolecular Hbond substituents is 2. The predicted molar refractivity (Wildman–Crippen MR) is 94.7 cm³/mol. The van der Waals surface area contributed by atoms with Gasteiger partial charge in [-0.2, -0.15) is 0 Å². The first-order chi connectivity index (χ1) is 11.6. The van der Waals surface area contributed by atoms with Gasteiger partial charge in [0.25, 0.3) is 0 Å². The van der Waals surface area contributed by atoms with Crippen LogP contribution in [0.15, 0.2) is 48.5 Å². The minimum Gasteiger partial charge on any atom is -0.508 e. The maximum Gasteiger partial charge on any atom is 0.120 e. The van der Waals surface area contributed by atoms with E-state index in [0.717, 1.165) is 24.2 Å². The number of benzene rings is 2. The molecule has 0 aliphatic rings. The summed E-state index contributed by atoms with van der Waals surface area (Å²) in [5.74, 6) is 0.557. The van der Waals surface area contributed by atoms with Crippen molar-refractivity contribution in [2.24, 2.45) is 0 Å². The number of aliphatic hydroxyl groups excluding tert-OH is 1. The lowest BCUT2D eigenvalue weighted by Crippen LogP contribution is -2.35. The third-order valence-corrected chi connectivity index (χ3v) is 4.15. The first-order valence-electron chi connectivity index (χ1n) is 8.23. The molecule has 0 unspecified atom stereocenters. The summed E-state index contributed by atoms with van der Waals surface area (Å²) >= 11 is 0. The predicted octanol–water partition coefficient (Wildman–Crippen LogP) is 2.37. The van der Waals surface area contributed by atoms with Crippen LogP contribution in [0.25, 0.3) is 0 Å². The molecule has 0 heterocycles. The fraction of sp³-hybridized carbons (Fsp3) is 0.368. The maximum absolute atomic E-state index is 9.90. The Hall–Kier alpha value is -2.08. The molecule has 0 amide bonds. The highest BCUT2D eigenvalue weighted by molar-refractivity contribution is 5.32. The highest BCUT2D eigenvalue weighted by atomic mass is 16.3. The molecule has 0 spiro atoms. The quantitative estimate of drug-likeness (QED) is 0.616. The summed E-state index contributed by atoms with van der Waals surface area (Å²) in [4.78, 5) is 4.09. The molecule has 2 aromatic rings. The Balaban J connectivity index is 1.91. The van der Waals surface area contributed by atoms with Crippen LogP contribution < -0.4 is 0 Å². The average Bonchev–Trinajstić information content (AvgIpc) is 2.60. The second-order valence-electron chi connectivity index (χ2n) is 5.82. The molecule has 3 N–H and O–H groups in total. The van der Waals surface area contributed by atoms with E-state index in [4.69, 9.17) is 0 Å². The minimum absolute atomic E-state index is 0.0670. The maximum atomic E-state index is 9.90. The Bertz CT molecular complexity index is 578. The van der Waals surface area contributed by atoms with Gasteiger partial charge >= 0.3 is 0 Å². The van der Waals surface area contributed by atoms with Crippen molar-refractivity contribution < 1.29 is 15.3 Å². The number of hydrogen-bond acceptors (Lipinski definition) is 5. The van der Waals surface area contributed by atoms with Crippen LogP contribution in [0.4, 0.5) is 0 Å². The third kappa shape index (κ3) is 5.23. The van der Waals surface area contributed by atoms with E-state index < -0.39 is 0 Å². The average molecular weight is 330 g/mol. The van der Waals surface area contributed by atoms with Crippen molar-refractivity contribution in [3.8, 4) is 11.5 Å². The van der Waals surface area contributed by atoms with Crippen LogP contribution in [0.2, 0.25) is 0 Å². The molecule has 2 aromatic carbocycles. The normalized spacial score (nSPS) is 11.3. The summed E-state index contributed by atoms with van der Waals surface area (Å²) in [5.41, 5.74) is 1.70. The molecule has 24 heavy (non-hydrogen) atoms. The Morgan fingerprint density at radius 2 is 1.21 bits per heavy atom. The van der Waals surface area contributed by atoms with E-state index >= 15 is 0 Å². The van der Waals surface area contributed by atoms with Gasteiger partial charge in [0.1, 0.15) is 11.5 Å². The van der Waals surface area contributed by atoms with Crippen LogP contribution >= 0.6 is 0 Å². The number of rotatable bonds is 9. The molecule has 5 nitrogen and oxygen atoms in total. The Morgan fingerprint density at radius 1 is 0.750 bits per heavy atom. The van der Waals surface area contributed by atoms with Gasteiger partial charge in [0, 0.05) is 37.3 Å². The van der Waals surface area contributed by atoms with Gasteiger partial charge in [0.15, 0.2) is 0 Å². The number of likely N-dealkylation sites (N-methyl/N-ethyl adjacent to an activating group) is 1. The number of phenols is 2. The molecule has 0 atom stereocenters. The lowest BCUT2D eigenvalue weighted by Gasteiger charge is -2.26. The SMILES string of the molecule is CCN(CCN(CO)Cc1ccccc1O)Cc1ccccc1O. The van der Waals surface area contributed by atoms with Gasteiger partial charge in [0.2, 0.25) is 0 Å². The van der Waals surface area contributed by atoms with Gasteiger partial charge < -0.3 is 15.3 Å². The van der Waals surface area contributed by atoms with Crippen LogP contribution in [0.1, 0.15) is 18.1 Å². The molecular formula is C19H26N2O3. The number of aliphatic hydroxyl groups is 1. The second-order valence-corrected chi connectivity index (χ2v) is 5.82. The third-order valence-electron chi connectivity index (χ3n) is 4.15. The topological polar surface area (TPSA) is 67.2 Å². The van der Waals surface area contributed by atoms with E-state index in [1.54, 1.807) is 18.2 Å². The zero-order chi connectivity index (χ0) is 17.4. The van der Waals surface area contributed by atoms with E-state index in [-0.39, 0.29) is 12.5 Å². The summed E-state index contributed by atoms with van der Waals surface area (Å²) in [5, 5.41) is 29.3. The van der Waals surface area contributed by atoms with E-state index in [9.17, 15) is 15.3 Å². The van der Waals surface area contributed by atoms with E-state index in [1.807, 2.05) is 35.2 Å². The van der Waals surface area contributed by atoms with E-state index in [2.05, 4.69) is 11.8 Å². The van der Waals surface area contributed by atoms with Crippen LogP contribution in [0, 0.1) is 0 Å². The number of para-hydroxylation sites is 2. The Labute approximate surface area is 143 Å². The zero-order valence-corrected chi connectivity index (χ0v) is 14.1. The molecule has 0 radical (unpaired) electrons. The molecule has 0 saturated carbocycles. The summed E-state index contributed by atoms with van der Waals surface area (Å²) in [7, 11) is 0. The smallest absolute Gasteiger partial charge is 0.120 e. The van der Waals surface area contributed by atoms with Crippen molar-refractivity contribution in [2.45, 2.75) is 20.0 Å². The lowest BCUT2D eigenvalue weighted by molar-refractivity contribution is 0.0866. The molecule has 0 aliphatic carbocycles. The second kappa shape index (κ2) is 9.27. The Kier molecular flexibility index (Phi) is 7.06. The van der Waals surface area contributed by atoms with Crippen molar-refractivity contribution in [1.82, 2.24) is 9.80 Å². The molecule has 130 valence electrons. The molecule has 0 fully saturated rings. The summed E-state index contributed by atoms with van der Waals surface area (Å²) in [6, 6.07) is 14.5. The van der Waals surface area contributed by atoms with Gasteiger partial charge in [-0.05, 0) is 18.7 Å². The fourth-order valence-corrected chi connectivity index (χ4v) is 2.60.